The normalized spacial score (nSPS) is 10.9. The summed E-state index contributed by atoms with van der Waals surface area (Å²) in [5.41, 5.74) is 3.34. The van der Waals surface area contributed by atoms with Gasteiger partial charge >= 0.3 is 11.8 Å². The molecule has 2 rings (SSSR count). The molecule has 114 valence electrons. The van der Waals surface area contributed by atoms with Gasteiger partial charge in [0.05, 0.1) is 6.21 Å². The third-order valence-electron chi connectivity index (χ3n) is 2.67. The maximum Gasteiger partial charge on any atom is 0.329 e. The van der Waals surface area contributed by atoms with Gasteiger partial charge in [-0.25, -0.2) is 5.43 Å². The van der Waals surface area contributed by atoms with Crippen molar-refractivity contribution < 1.29 is 9.59 Å². The number of nitrogens with one attached hydrogen (secondary N) is 2. The van der Waals surface area contributed by atoms with Gasteiger partial charge in [-0.2, -0.15) is 5.10 Å². The minimum absolute atomic E-state index is 0.0899. The van der Waals surface area contributed by atoms with Crippen LogP contribution in [0.2, 0.25) is 0 Å². The summed E-state index contributed by atoms with van der Waals surface area (Å²) < 4.78 is 0. The van der Waals surface area contributed by atoms with E-state index < -0.39 is 11.8 Å². The molecule has 1 heterocycles. The van der Waals surface area contributed by atoms with Crippen LogP contribution >= 0.6 is 11.3 Å². The highest BCUT2D eigenvalue weighted by Gasteiger charge is 2.12. The zero-order valence-electron chi connectivity index (χ0n) is 12.4. The van der Waals surface area contributed by atoms with Crippen LogP contribution in [0.5, 0.6) is 0 Å². The Morgan fingerprint density at radius 1 is 1.09 bits per heavy atom. The first-order valence-electron chi connectivity index (χ1n) is 6.85. The number of benzene rings is 1. The molecule has 2 aromatic rings. The quantitative estimate of drug-likeness (QED) is 0.517. The van der Waals surface area contributed by atoms with Crippen LogP contribution in [0, 0.1) is 0 Å². The highest BCUT2D eigenvalue weighted by molar-refractivity contribution is 7.17. The molecule has 0 spiro atoms. The number of hydrogen-bond acceptors (Lipinski definition) is 4. The number of nitrogens with zero attached hydrogens (tertiary/aromatic N) is 1. The van der Waals surface area contributed by atoms with Gasteiger partial charge in [0, 0.05) is 15.8 Å². The van der Waals surface area contributed by atoms with E-state index in [4.69, 9.17) is 0 Å². The average Bonchev–Trinajstić information content (AvgIpc) is 2.96. The van der Waals surface area contributed by atoms with Gasteiger partial charge in [-0.15, -0.1) is 11.3 Å². The van der Waals surface area contributed by atoms with Crippen LogP contribution in [-0.2, 0) is 9.59 Å². The summed E-state index contributed by atoms with van der Waals surface area (Å²) in [7, 11) is 0. The van der Waals surface area contributed by atoms with Crippen molar-refractivity contribution in [2.45, 2.75) is 19.9 Å². The molecule has 22 heavy (non-hydrogen) atoms. The van der Waals surface area contributed by atoms with Gasteiger partial charge in [0.25, 0.3) is 0 Å². The highest BCUT2D eigenvalue weighted by atomic mass is 32.1. The average molecular weight is 315 g/mol. The zero-order chi connectivity index (χ0) is 15.9. The summed E-state index contributed by atoms with van der Waals surface area (Å²) >= 11 is 1.56. The molecule has 2 amide bonds. The van der Waals surface area contributed by atoms with Gasteiger partial charge in [0.1, 0.15) is 0 Å². The largest absolute Gasteiger partial charge is 0.346 e. The first kappa shape index (κ1) is 15.9. The number of amides is 2. The zero-order valence-corrected chi connectivity index (χ0v) is 13.2. The second-order valence-corrected chi connectivity index (χ2v) is 6.01. The second kappa shape index (κ2) is 7.51. The molecule has 0 bridgehead atoms. The smallest absolute Gasteiger partial charge is 0.329 e. The molecule has 0 aliphatic rings. The van der Waals surface area contributed by atoms with E-state index in [0.29, 0.717) is 0 Å². The Hall–Kier alpha value is -2.47. The number of hydrogen-bond donors (Lipinski definition) is 2. The van der Waals surface area contributed by atoms with Crippen molar-refractivity contribution in [2.75, 3.05) is 0 Å². The van der Waals surface area contributed by atoms with Crippen molar-refractivity contribution in [3.63, 3.8) is 0 Å². The number of carbonyl (C=O) groups is 2. The van der Waals surface area contributed by atoms with Crippen LogP contribution in [0.3, 0.4) is 0 Å². The topological polar surface area (TPSA) is 70.6 Å². The van der Waals surface area contributed by atoms with Crippen molar-refractivity contribution in [3.05, 3.63) is 47.3 Å². The Kier molecular flexibility index (Phi) is 5.43. The lowest BCUT2D eigenvalue weighted by Crippen LogP contribution is -2.41. The summed E-state index contributed by atoms with van der Waals surface area (Å²) in [6.45, 7) is 3.57. The molecule has 0 aliphatic carbocycles. The predicted molar refractivity (Wildman–Crippen MR) is 88.8 cm³/mol. The van der Waals surface area contributed by atoms with E-state index in [0.717, 1.165) is 15.3 Å². The first-order chi connectivity index (χ1) is 10.6. The summed E-state index contributed by atoms with van der Waals surface area (Å²) in [5.74, 6) is -1.46. The van der Waals surface area contributed by atoms with Gasteiger partial charge in [0.15, 0.2) is 0 Å². The number of carbonyl (C=O) groups excluding carboxylic acids is 2. The SMILES string of the molecule is CC(C)NC(=O)C(=O)N/N=C\c1ccc(-c2ccccc2)s1. The van der Waals surface area contributed by atoms with Crippen LogP contribution in [-0.4, -0.2) is 24.1 Å². The van der Waals surface area contributed by atoms with E-state index >= 15 is 0 Å². The number of thiophene rings is 1. The lowest BCUT2D eigenvalue weighted by atomic mass is 10.2. The van der Waals surface area contributed by atoms with Gasteiger partial charge in [-0.05, 0) is 31.5 Å². The number of rotatable bonds is 4. The predicted octanol–water partition coefficient (Wildman–Crippen LogP) is 2.39. The fraction of sp³-hybridized carbons (Fsp3) is 0.188. The standard InChI is InChI=1S/C16H17N3O2S/c1-11(2)18-15(20)16(21)19-17-10-13-8-9-14(22-13)12-6-4-3-5-7-12/h3-11H,1-2H3,(H,18,20)(H,19,21)/b17-10-. The third-order valence-corrected chi connectivity index (χ3v) is 3.74. The molecule has 0 aliphatic heterocycles. The first-order valence-corrected chi connectivity index (χ1v) is 7.67. The molecule has 1 aromatic carbocycles. The van der Waals surface area contributed by atoms with Crippen molar-refractivity contribution >= 4 is 29.4 Å². The monoisotopic (exact) mass is 315 g/mol. The van der Waals surface area contributed by atoms with Gasteiger partial charge in [0.2, 0.25) is 0 Å². The Balaban J connectivity index is 1.93. The second-order valence-electron chi connectivity index (χ2n) is 4.90. The highest BCUT2D eigenvalue weighted by Crippen LogP contribution is 2.26. The van der Waals surface area contributed by atoms with E-state index in [1.807, 2.05) is 42.5 Å². The van der Waals surface area contributed by atoms with Crippen LogP contribution in [0.15, 0.2) is 47.6 Å². The van der Waals surface area contributed by atoms with Crippen LogP contribution in [0.25, 0.3) is 10.4 Å². The minimum atomic E-state index is -0.773. The summed E-state index contributed by atoms with van der Waals surface area (Å²) in [6, 6.07) is 13.8. The Morgan fingerprint density at radius 3 is 2.50 bits per heavy atom. The molecule has 6 heteroatoms. The van der Waals surface area contributed by atoms with Crippen LogP contribution in [0.4, 0.5) is 0 Å². The lowest BCUT2D eigenvalue weighted by Gasteiger charge is -2.05. The Morgan fingerprint density at radius 2 is 1.82 bits per heavy atom. The summed E-state index contributed by atoms with van der Waals surface area (Å²) in [4.78, 5) is 24.9. The van der Waals surface area contributed by atoms with Gasteiger partial charge in [-0.3, -0.25) is 9.59 Å². The van der Waals surface area contributed by atoms with Crippen molar-refractivity contribution in [1.29, 1.82) is 0 Å². The molecule has 0 saturated carbocycles. The molecule has 0 radical (unpaired) electrons. The fourth-order valence-electron chi connectivity index (χ4n) is 1.71. The van der Waals surface area contributed by atoms with E-state index in [-0.39, 0.29) is 6.04 Å². The maximum absolute atomic E-state index is 11.5. The van der Waals surface area contributed by atoms with E-state index in [9.17, 15) is 9.59 Å². The van der Waals surface area contributed by atoms with E-state index in [2.05, 4.69) is 15.8 Å². The number of hydrazone groups is 1. The molecule has 0 fully saturated rings. The van der Waals surface area contributed by atoms with Crippen molar-refractivity contribution in [2.24, 2.45) is 5.10 Å². The van der Waals surface area contributed by atoms with Gasteiger partial charge < -0.3 is 5.32 Å². The molecule has 5 nitrogen and oxygen atoms in total. The molecule has 0 saturated heterocycles. The summed E-state index contributed by atoms with van der Waals surface area (Å²) in [6.07, 6.45) is 1.53. The van der Waals surface area contributed by atoms with Crippen LogP contribution < -0.4 is 10.7 Å². The summed E-state index contributed by atoms with van der Waals surface area (Å²) in [5, 5.41) is 6.30. The molecular weight excluding hydrogens is 298 g/mol. The van der Waals surface area contributed by atoms with Crippen molar-refractivity contribution in [1.82, 2.24) is 10.7 Å². The molecule has 1 aromatic heterocycles. The van der Waals surface area contributed by atoms with E-state index in [1.54, 1.807) is 25.2 Å². The molecule has 2 N–H and O–H groups in total. The Labute approximate surface area is 133 Å². The minimum Gasteiger partial charge on any atom is -0.346 e. The van der Waals surface area contributed by atoms with E-state index in [1.165, 1.54) is 6.21 Å². The molecule has 0 unspecified atom stereocenters. The third kappa shape index (κ3) is 4.53. The molecular formula is C16H17N3O2S. The van der Waals surface area contributed by atoms with Crippen LogP contribution in [0.1, 0.15) is 18.7 Å². The molecule has 0 atom stereocenters. The van der Waals surface area contributed by atoms with Crippen molar-refractivity contribution in [3.8, 4) is 10.4 Å². The lowest BCUT2D eigenvalue weighted by molar-refractivity contribution is -0.139. The Bertz CT molecular complexity index is 678. The maximum atomic E-state index is 11.5. The van der Waals surface area contributed by atoms with Gasteiger partial charge in [-0.1, -0.05) is 30.3 Å². The fourth-order valence-corrected chi connectivity index (χ4v) is 2.60.